The Labute approximate surface area is 96.5 Å². The zero-order valence-electron chi connectivity index (χ0n) is 8.50. The topological polar surface area (TPSA) is 50.7 Å². The van der Waals surface area contributed by atoms with Gasteiger partial charge < -0.3 is 10.2 Å². The standard InChI is InChI=1S/C10H11BrN2O2/c1-6-4-7(11)5-8(10(14)15-3)9(6)13-12-2/h4-5,12H,1H2,2-3H3/b13-9+. The lowest BCUT2D eigenvalue weighted by Gasteiger charge is -2.13. The van der Waals surface area contributed by atoms with Crippen molar-refractivity contribution in [3.05, 3.63) is 34.4 Å². The minimum Gasteiger partial charge on any atom is -0.465 e. The molecule has 0 heterocycles. The van der Waals surface area contributed by atoms with Crippen molar-refractivity contribution in [1.82, 2.24) is 5.43 Å². The average molecular weight is 271 g/mol. The molecule has 0 aliphatic heterocycles. The molecule has 0 radical (unpaired) electrons. The van der Waals surface area contributed by atoms with Gasteiger partial charge in [0.1, 0.15) is 5.71 Å². The molecule has 0 fully saturated rings. The molecule has 1 aliphatic rings. The zero-order chi connectivity index (χ0) is 11.4. The molecule has 0 atom stereocenters. The molecule has 0 aromatic carbocycles. The van der Waals surface area contributed by atoms with Gasteiger partial charge in [-0.1, -0.05) is 22.5 Å². The molecule has 0 saturated heterocycles. The van der Waals surface area contributed by atoms with Crippen molar-refractivity contribution in [2.75, 3.05) is 14.2 Å². The highest BCUT2D eigenvalue weighted by molar-refractivity contribution is 9.11. The van der Waals surface area contributed by atoms with Crippen LogP contribution in [0.3, 0.4) is 0 Å². The number of carbonyl (C=O) groups excluding carboxylic acids is 1. The molecule has 0 aromatic rings. The fraction of sp³-hybridized carbons (Fsp3) is 0.200. The smallest absolute Gasteiger partial charge is 0.340 e. The van der Waals surface area contributed by atoms with Crippen LogP contribution in [0.25, 0.3) is 0 Å². The first kappa shape index (κ1) is 11.7. The lowest BCUT2D eigenvalue weighted by molar-refractivity contribution is -0.135. The number of hydrogen-bond acceptors (Lipinski definition) is 4. The van der Waals surface area contributed by atoms with Crippen LogP contribution in [0.4, 0.5) is 0 Å². The Morgan fingerprint density at radius 3 is 2.80 bits per heavy atom. The van der Waals surface area contributed by atoms with E-state index in [1.165, 1.54) is 7.11 Å². The first-order valence-corrected chi connectivity index (χ1v) is 5.00. The Morgan fingerprint density at radius 2 is 2.27 bits per heavy atom. The Hall–Kier alpha value is -1.36. The SMILES string of the molecule is C=C1C=C(Br)C=C(C(=O)OC)/C1=N/NC. The van der Waals surface area contributed by atoms with Crippen LogP contribution in [0.2, 0.25) is 0 Å². The first-order valence-electron chi connectivity index (χ1n) is 4.21. The van der Waals surface area contributed by atoms with E-state index in [-0.39, 0.29) is 0 Å². The van der Waals surface area contributed by atoms with Gasteiger partial charge in [0.25, 0.3) is 0 Å². The zero-order valence-corrected chi connectivity index (χ0v) is 10.1. The summed E-state index contributed by atoms with van der Waals surface area (Å²) >= 11 is 3.29. The largest absolute Gasteiger partial charge is 0.465 e. The minimum absolute atomic E-state index is 0.381. The van der Waals surface area contributed by atoms with Gasteiger partial charge in [-0.3, -0.25) is 0 Å². The predicted octanol–water partition coefficient (Wildman–Crippen LogP) is 1.51. The second-order valence-electron chi connectivity index (χ2n) is 2.79. The van der Waals surface area contributed by atoms with Gasteiger partial charge in [-0.15, -0.1) is 0 Å². The maximum absolute atomic E-state index is 11.5. The number of hydrogen-bond donors (Lipinski definition) is 1. The fourth-order valence-electron chi connectivity index (χ4n) is 1.17. The van der Waals surface area contributed by atoms with Gasteiger partial charge in [0.05, 0.1) is 12.7 Å². The number of carbonyl (C=O) groups is 1. The second-order valence-corrected chi connectivity index (χ2v) is 3.70. The quantitative estimate of drug-likeness (QED) is 0.611. The molecular weight excluding hydrogens is 260 g/mol. The van der Waals surface area contributed by atoms with E-state index in [9.17, 15) is 4.79 Å². The van der Waals surface area contributed by atoms with E-state index in [1.54, 1.807) is 19.2 Å². The van der Waals surface area contributed by atoms with Crippen molar-refractivity contribution >= 4 is 27.6 Å². The highest BCUT2D eigenvalue weighted by atomic mass is 79.9. The second kappa shape index (κ2) is 4.93. The van der Waals surface area contributed by atoms with Gasteiger partial charge in [-0.2, -0.15) is 5.10 Å². The van der Waals surface area contributed by atoms with Crippen LogP contribution in [-0.2, 0) is 9.53 Å². The van der Waals surface area contributed by atoms with Gasteiger partial charge in [0.2, 0.25) is 0 Å². The normalized spacial score (nSPS) is 18.3. The maximum Gasteiger partial charge on any atom is 0.340 e. The average Bonchev–Trinajstić information content (AvgIpc) is 2.20. The van der Waals surface area contributed by atoms with Crippen LogP contribution < -0.4 is 5.43 Å². The highest BCUT2D eigenvalue weighted by Crippen LogP contribution is 2.23. The number of halogens is 1. The van der Waals surface area contributed by atoms with Crippen molar-refractivity contribution in [3.63, 3.8) is 0 Å². The van der Waals surface area contributed by atoms with Gasteiger partial charge in [0, 0.05) is 11.5 Å². The summed E-state index contributed by atoms with van der Waals surface area (Å²) in [5, 5.41) is 3.98. The number of nitrogens with zero attached hydrogens (tertiary/aromatic N) is 1. The predicted molar refractivity (Wildman–Crippen MR) is 62.7 cm³/mol. The summed E-state index contributed by atoms with van der Waals surface area (Å²) < 4.78 is 5.42. The van der Waals surface area contributed by atoms with Crippen LogP contribution in [0.15, 0.2) is 39.5 Å². The number of hydrazone groups is 1. The van der Waals surface area contributed by atoms with E-state index >= 15 is 0 Å². The Morgan fingerprint density at radius 1 is 1.60 bits per heavy atom. The summed E-state index contributed by atoms with van der Waals surface area (Å²) in [5.41, 5.74) is 4.15. The summed E-state index contributed by atoms with van der Waals surface area (Å²) in [6.07, 6.45) is 3.43. The number of rotatable bonds is 2. The molecule has 5 heteroatoms. The molecule has 4 nitrogen and oxygen atoms in total. The van der Waals surface area contributed by atoms with Crippen LogP contribution >= 0.6 is 15.9 Å². The van der Waals surface area contributed by atoms with Crippen molar-refractivity contribution in [1.29, 1.82) is 0 Å². The molecule has 0 unspecified atom stereocenters. The van der Waals surface area contributed by atoms with Crippen molar-refractivity contribution in [2.45, 2.75) is 0 Å². The fourth-order valence-corrected chi connectivity index (χ4v) is 1.67. The number of ether oxygens (including phenoxy) is 1. The van der Waals surface area contributed by atoms with E-state index in [2.05, 4.69) is 37.8 Å². The highest BCUT2D eigenvalue weighted by Gasteiger charge is 2.22. The summed E-state index contributed by atoms with van der Waals surface area (Å²) in [6.45, 7) is 3.81. The molecule has 80 valence electrons. The van der Waals surface area contributed by atoms with Gasteiger partial charge in [-0.05, 0) is 17.7 Å². The van der Waals surface area contributed by atoms with Crippen molar-refractivity contribution in [2.24, 2.45) is 5.10 Å². The van der Waals surface area contributed by atoms with Gasteiger partial charge in [0.15, 0.2) is 0 Å². The Bertz CT molecular complexity index is 394. The molecule has 0 aromatic heterocycles. The Balaban J connectivity index is 3.17. The number of nitrogens with one attached hydrogen (secondary N) is 1. The van der Waals surface area contributed by atoms with E-state index in [0.717, 1.165) is 4.48 Å². The molecular formula is C10H11BrN2O2. The van der Waals surface area contributed by atoms with Crippen LogP contribution in [0.1, 0.15) is 0 Å². The molecule has 0 saturated carbocycles. The van der Waals surface area contributed by atoms with Crippen LogP contribution in [-0.4, -0.2) is 25.8 Å². The monoisotopic (exact) mass is 270 g/mol. The number of allylic oxidation sites excluding steroid dienone is 4. The summed E-state index contributed by atoms with van der Waals surface area (Å²) in [5.74, 6) is -0.435. The summed E-state index contributed by atoms with van der Waals surface area (Å²) in [7, 11) is 2.98. The van der Waals surface area contributed by atoms with E-state index in [4.69, 9.17) is 0 Å². The van der Waals surface area contributed by atoms with E-state index in [1.807, 2.05) is 0 Å². The van der Waals surface area contributed by atoms with E-state index in [0.29, 0.717) is 16.9 Å². The van der Waals surface area contributed by atoms with Crippen molar-refractivity contribution < 1.29 is 9.53 Å². The number of esters is 1. The van der Waals surface area contributed by atoms with Crippen LogP contribution in [0.5, 0.6) is 0 Å². The minimum atomic E-state index is -0.435. The third kappa shape index (κ3) is 2.56. The molecule has 1 N–H and O–H groups in total. The molecule has 0 spiro atoms. The lowest BCUT2D eigenvalue weighted by atomic mass is 9.99. The summed E-state index contributed by atoms with van der Waals surface area (Å²) in [6, 6.07) is 0. The van der Waals surface area contributed by atoms with Crippen LogP contribution in [0, 0.1) is 0 Å². The molecule has 1 rings (SSSR count). The first-order chi connectivity index (χ1) is 7.10. The molecule has 1 aliphatic carbocycles. The van der Waals surface area contributed by atoms with Gasteiger partial charge in [-0.25, -0.2) is 4.79 Å². The van der Waals surface area contributed by atoms with E-state index < -0.39 is 5.97 Å². The molecule has 0 amide bonds. The third-order valence-corrected chi connectivity index (χ3v) is 2.24. The maximum atomic E-state index is 11.5. The molecule has 15 heavy (non-hydrogen) atoms. The molecule has 0 bridgehead atoms. The summed E-state index contributed by atoms with van der Waals surface area (Å²) in [4.78, 5) is 11.5. The van der Waals surface area contributed by atoms with Gasteiger partial charge >= 0.3 is 5.97 Å². The number of methoxy groups -OCH3 is 1. The third-order valence-electron chi connectivity index (χ3n) is 1.78. The Kier molecular flexibility index (Phi) is 3.85. The lowest BCUT2D eigenvalue weighted by Crippen LogP contribution is -2.20. The van der Waals surface area contributed by atoms with Crippen molar-refractivity contribution in [3.8, 4) is 0 Å².